The molecule has 7 heteroatoms. The van der Waals surface area contributed by atoms with Crippen LogP contribution < -0.4 is 15.9 Å². The Labute approximate surface area is 129 Å². The van der Waals surface area contributed by atoms with Crippen LogP contribution in [0.4, 0.5) is 4.79 Å². The van der Waals surface area contributed by atoms with Gasteiger partial charge in [-0.2, -0.15) is 0 Å². The van der Waals surface area contributed by atoms with Crippen molar-refractivity contribution in [1.29, 1.82) is 0 Å². The van der Waals surface area contributed by atoms with E-state index in [-0.39, 0.29) is 17.6 Å². The lowest BCUT2D eigenvalue weighted by atomic mass is 10.2. The van der Waals surface area contributed by atoms with Crippen molar-refractivity contribution in [2.24, 2.45) is 0 Å². The molecule has 1 heterocycles. The minimum Gasteiger partial charge on any atom is -0.405 e. The van der Waals surface area contributed by atoms with Gasteiger partial charge in [0.1, 0.15) is 5.52 Å². The Morgan fingerprint density at radius 2 is 2.00 bits per heavy atom. The molecule has 0 saturated heterocycles. The van der Waals surface area contributed by atoms with Gasteiger partial charge in [0.2, 0.25) is 0 Å². The van der Waals surface area contributed by atoms with E-state index < -0.39 is 11.8 Å². The Morgan fingerprint density at radius 3 is 2.77 bits per heavy atom. The molecule has 2 aromatic carbocycles. The normalized spacial score (nSPS) is 10.6. The summed E-state index contributed by atoms with van der Waals surface area (Å²) in [5, 5.41) is 2.95. The molecule has 3 aromatic rings. The van der Waals surface area contributed by atoms with Crippen LogP contribution in [0.25, 0.3) is 11.1 Å². The summed E-state index contributed by atoms with van der Waals surface area (Å²) in [6, 6.07) is 13.9. The number of fused-ring (bicyclic) bond motifs is 1. The van der Waals surface area contributed by atoms with E-state index in [4.69, 9.17) is 20.9 Å². The average Bonchev–Trinajstić information content (AvgIpc) is 2.82. The van der Waals surface area contributed by atoms with Gasteiger partial charge in [-0.3, -0.25) is 0 Å². The maximum absolute atomic E-state index is 11.8. The highest BCUT2D eigenvalue weighted by atomic mass is 35.5. The number of carbonyl (C=O) groups excluding carboxylic acids is 1. The van der Waals surface area contributed by atoms with E-state index in [0.29, 0.717) is 5.02 Å². The van der Waals surface area contributed by atoms with Gasteiger partial charge >= 0.3 is 11.8 Å². The Bertz CT molecular complexity index is 870. The first kappa shape index (κ1) is 14.2. The summed E-state index contributed by atoms with van der Waals surface area (Å²) in [5.74, 6) is -0.799. The zero-order valence-electron chi connectivity index (χ0n) is 11.3. The molecule has 0 fully saturated rings. The zero-order valence-corrected chi connectivity index (χ0v) is 12.0. The van der Waals surface area contributed by atoms with Crippen molar-refractivity contribution in [3.8, 4) is 0 Å². The third kappa shape index (κ3) is 2.96. The summed E-state index contributed by atoms with van der Waals surface area (Å²) in [6.07, 6.45) is -0.770. The van der Waals surface area contributed by atoms with E-state index in [1.165, 1.54) is 12.1 Å². The van der Waals surface area contributed by atoms with Gasteiger partial charge in [-0.05, 0) is 23.8 Å². The van der Waals surface area contributed by atoms with E-state index in [1.807, 2.05) is 30.3 Å². The van der Waals surface area contributed by atoms with Gasteiger partial charge < -0.3 is 14.6 Å². The molecule has 6 nitrogen and oxygen atoms in total. The van der Waals surface area contributed by atoms with Crippen LogP contribution in [0.5, 0.6) is 0 Å². The Balaban J connectivity index is 1.75. The first-order valence-electron chi connectivity index (χ1n) is 6.45. The lowest BCUT2D eigenvalue weighted by Gasteiger charge is -2.06. The maximum Gasteiger partial charge on any atom is 0.453 e. The van der Waals surface area contributed by atoms with E-state index in [2.05, 4.69) is 5.32 Å². The van der Waals surface area contributed by atoms with Gasteiger partial charge in [-0.15, -0.1) is 0 Å². The summed E-state index contributed by atoms with van der Waals surface area (Å²) in [6.45, 7) is 0.283. The molecule has 0 atom stereocenters. The highest BCUT2D eigenvalue weighted by Gasteiger charge is 2.14. The molecule has 1 amide bonds. The Kier molecular flexibility index (Phi) is 3.84. The van der Waals surface area contributed by atoms with Crippen LogP contribution in [0.1, 0.15) is 5.56 Å². The molecule has 0 aliphatic heterocycles. The van der Waals surface area contributed by atoms with Gasteiger partial charge in [-0.25, -0.2) is 9.59 Å². The molecule has 112 valence electrons. The van der Waals surface area contributed by atoms with Gasteiger partial charge in [0.05, 0.1) is 0 Å². The van der Waals surface area contributed by atoms with Crippen molar-refractivity contribution < 1.29 is 14.0 Å². The number of rotatable bonds is 3. The van der Waals surface area contributed by atoms with Crippen molar-refractivity contribution >= 4 is 28.8 Å². The summed E-state index contributed by atoms with van der Waals surface area (Å²) in [4.78, 5) is 28.5. The monoisotopic (exact) mass is 318 g/mol. The van der Waals surface area contributed by atoms with Crippen LogP contribution in [-0.4, -0.2) is 10.8 Å². The topological polar surface area (TPSA) is 73.5 Å². The number of nitrogens with zero attached hydrogens (tertiary/aromatic N) is 1. The van der Waals surface area contributed by atoms with Crippen LogP contribution in [0, 0.1) is 0 Å². The van der Waals surface area contributed by atoms with Crippen LogP contribution in [0.2, 0.25) is 5.02 Å². The lowest BCUT2D eigenvalue weighted by Crippen LogP contribution is -2.35. The molecular weight excluding hydrogens is 308 g/mol. The number of amides is 1. The molecule has 1 N–H and O–H groups in total. The predicted molar refractivity (Wildman–Crippen MR) is 80.7 cm³/mol. The molecule has 0 aliphatic rings. The molecule has 0 radical (unpaired) electrons. The minimum atomic E-state index is -0.799. The SMILES string of the molecule is O=C(NCc1ccccc1)On1c(=O)oc2ccc(Cl)cc21. The van der Waals surface area contributed by atoms with E-state index in [9.17, 15) is 9.59 Å². The van der Waals surface area contributed by atoms with Crippen LogP contribution in [0.3, 0.4) is 0 Å². The lowest BCUT2D eigenvalue weighted by molar-refractivity contribution is 0.127. The summed E-state index contributed by atoms with van der Waals surface area (Å²) in [5.41, 5.74) is 1.48. The Morgan fingerprint density at radius 1 is 1.23 bits per heavy atom. The number of aromatic nitrogens is 1. The fraction of sp³-hybridized carbons (Fsp3) is 0.0667. The summed E-state index contributed by atoms with van der Waals surface area (Å²) >= 11 is 5.86. The van der Waals surface area contributed by atoms with Crippen LogP contribution >= 0.6 is 11.6 Å². The molecule has 0 aliphatic carbocycles. The molecule has 0 saturated carbocycles. The number of hydrogen-bond donors (Lipinski definition) is 1. The van der Waals surface area contributed by atoms with Gasteiger partial charge in [-0.1, -0.05) is 46.7 Å². The highest BCUT2D eigenvalue weighted by Crippen LogP contribution is 2.17. The first-order valence-corrected chi connectivity index (χ1v) is 6.82. The molecule has 0 unspecified atom stereocenters. The number of nitrogens with one attached hydrogen (secondary N) is 1. The minimum absolute atomic E-state index is 0.283. The number of halogens is 1. The maximum atomic E-state index is 11.8. The number of carbonyl (C=O) groups is 1. The second-order valence-electron chi connectivity index (χ2n) is 4.49. The fourth-order valence-electron chi connectivity index (χ4n) is 1.94. The molecule has 1 aromatic heterocycles. The zero-order chi connectivity index (χ0) is 15.5. The quantitative estimate of drug-likeness (QED) is 0.805. The molecule has 3 rings (SSSR count). The Hall–Kier alpha value is -2.73. The van der Waals surface area contributed by atoms with Crippen molar-refractivity contribution in [2.45, 2.75) is 6.54 Å². The average molecular weight is 319 g/mol. The van der Waals surface area contributed by atoms with Gasteiger partial charge in [0.25, 0.3) is 0 Å². The third-order valence-corrected chi connectivity index (χ3v) is 3.19. The smallest absolute Gasteiger partial charge is 0.405 e. The molecule has 0 spiro atoms. The number of benzene rings is 2. The van der Waals surface area contributed by atoms with Crippen LogP contribution in [-0.2, 0) is 6.54 Å². The summed E-state index contributed by atoms with van der Waals surface area (Å²) in [7, 11) is 0. The third-order valence-electron chi connectivity index (χ3n) is 2.96. The van der Waals surface area contributed by atoms with Gasteiger partial charge in [0.15, 0.2) is 5.58 Å². The second kappa shape index (κ2) is 5.95. The summed E-state index contributed by atoms with van der Waals surface area (Å²) < 4.78 is 5.73. The predicted octanol–water partition coefficient (Wildman–Crippen LogP) is 2.59. The number of oxazole rings is 1. The molecular formula is C15H11ClN2O4. The van der Waals surface area contributed by atoms with Crippen molar-refractivity contribution in [1.82, 2.24) is 10.0 Å². The second-order valence-corrected chi connectivity index (χ2v) is 4.93. The van der Waals surface area contributed by atoms with E-state index in [1.54, 1.807) is 6.07 Å². The first-order chi connectivity index (χ1) is 10.6. The van der Waals surface area contributed by atoms with Crippen molar-refractivity contribution in [3.63, 3.8) is 0 Å². The standard InChI is InChI=1S/C15H11ClN2O4/c16-11-6-7-13-12(8-11)18(15(20)21-13)22-14(19)17-9-10-4-2-1-3-5-10/h1-8H,9H2,(H,17,19). The highest BCUT2D eigenvalue weighted by molar-refractivity contribution is 6.31. The molecule has 22 heavy (non-hydrogen) atoms. The van der Waals surface area contributed by atoms with E-state index >= 15 is 0 Å². The van der Waals surface area contributed by atoms with Crippen molar-refractivity contribution in [3.05, 3.63) is 69.7 Å². The van der Waals surface area contributed by atoms with Crippen molar-refractivity contribution in [2.75, 3.05) is 0 Å². The fourth-order valence-corrected chi connectivity index (χ4v) is 2.11. The number of hydrogen-bond acceptors (Lipinski definition) is 4. The molecule has 0 bridgehead atoms. The largest absolute Gasteiger partial charge is 0.453 e. The van der Waals surface area contributed by atoms with Gasteiger partial charge in [0, 0.05) is 11.6 Å². The van der Waals surface area contributed by atoms with Crippen LogP contribution in [0.15, 0.2) is 57.7 Å². The van der Waals surface area contributed by atoms with E-state index in [0.717, 1.165) is 10.3 Å².